The van der Waals surface area contributed by atoms with Crippen molar-refractivity contribution in [2.45, 2.75) is 64.9 Å². The number of benzene rings is 1. The zero-order valence-electron chi connectivity index (χ0n) is 17.0. The van der Waals surface area contributed by atoms with Crippen LogP contribution < -0.4 is 10.1 Å². The molecule has 0 radical (unpaired) electrons. The fourth-order valence-corrected chi connectivity index (χ4v) is 2.90. The second kappa shape index (κ2) is 9.78. The molecular formula is C22H29ClN2O3. The van der Waals surface area contributed by atoms with Crippen molar-refractivity contribution in [3.63, 3.8) is 0 Å². The lowest BCUT2D eigenvalue weighted by Crippen LogP contribution is -2.33. The number of hydrogen-bond acceptors (Lipinski definition) is 4. The normalized spacial score (nSPS) is 12.5. The molecule has 1 atom stereocenters. The Bertz CT molecular complexity index is 791. The Labute approximate surface area is 172 Å². The fraction of sp³-hybridized carbons (Fsp3) is 0.455. The molecule has 152 valence electrons. The summed E-state index contributed by atoms with van der Waals surface area (Å²) in [6, 6.07) is 8.76. The van der Waals surface area contributed by atoms with E-state index in [1.807, 2.05) is 18.2 Å². The molecule has 1 aromatic heterocycles. The lowest BCUT2D eigenvalue weighted by atomic mass is 9.82. The van der Waals surface area contributed by atoms with Gasteiger partial charge in [-0.2, -0.15) is 0 Å². The van der Waals surface area contributed by atoms with Crippen molar-refractivity contribution in [3.8, 4) is 11.5 Å². The van der Waals surface area contributed by atoms with Gasteiger partial charge in [-0.1, -0.05) is 51.8 Å². The first-order valence-electron chi connectivity index (χ1n) is 9.69. The van der Waals surface area contributed by atoms with Crippen LogP contribution in [0.5, 0.6) is 11.5 Å². The molecule has 0 saturated carbocycles. The number of amides is 1. The van der Waals surface area contributed by atoms with Crippen molar-refractivity contribution in [1.29, 1.82) is 0 Å². The number of carbonyl (C=O) groups excluding carboxylic acids is 1. The number of anilines is 1. The van der Waals surface area contributed by atoms with Crippen LogP contribution in [0.25, 0.3) is 0 Å². The maximum Gasteiger partial charge on any atom is 0.266 e. The Hall–Kier alpha value is -2.27. The molecule has 2 aromatic rings. The predicted octanol–water partition coefficient (Wildman–Crippen LogP) is 5.70. The van der Waals surface area contributed by atoms with E-state index in [2.05, 4.69) is 38.0 Å². The van der Waals surface area contributed by atoms with Gasteiger partial charge in [-0.3, -0.25) is 4.79 Å². The average Bonchev–Trinajstić information content (AvgIpc) is 2.67. The minimum atomic E-state index is -0.682. The van der Waals surface area contributed by atoms with Crippen LogP contribution in [0.3, 0.4) is 0 Å². The monoisotopic (exact) mass is 404 g/mol. The summed E-state index contributed by atoms with van der Waals surface area (Å²) < 4.78 is 5.99. The summed E-state index contributed by atoms with van der Waals surface area (Å²) in [6.45, 7) is 8.54. The molecule has 0 saturated heterocycles. The molecule has 2 rings (SSSR count). The summed E-state index contributed by atoms with van der Waals surface area (Å²) >= 11 is 6.46. The van der Waals surface area contributed by atoms with E-state index in [9.17, 15) is 9.90 Å². The van der Waals surface area contributed by atoms with Gasteiger partial charge in [0.1, 0.15) is 17.3 Å². The number of ether oxygens (including phenoxy) is 1. The highest BCUT2D eigenvalue weighted by Crippen LogP contribution is 2.34. The summed E-state index contributed by atoms with van der Waals surface area (Å²) in [7, 11) is 0. The molecule has 28 heavy (non-hydrogen) atoms. The maximum absolute atomic E-state index is 12.7. The van der Waals surface area contributed by atoms with E-state index in [1.54, 1.807) is 6.07 Å². The summed E-state index contributed by atoms with van der Waals surface area (Å²) in [5, 5.41) is 12.6. The number of aromatic hydroxyl groups is 1. The maximum atomic E-state index is 12.7. The van der Waals surface area contributed by atoms with Gasteiger partial charge in [-0.05, 0) is 54.5 Å². The number of nitrogens with zero attached hydrogens (tertiary/aromatic N) is 1. The Morgan fingerprint density at radius 2 is 2.04 bits per heavy atom. The van der Waals surface area contributed by atoms with Crippen LogP contribution in [-0.4, -0.2) is 22.1 Å². The van der Waals surface area contributed by atoms with Crippen LogP contribution in [0.2, 0.25) is 5.02 Å². The molecule has 1 aromatic carbocycles. The first-order valence-corrected chi connectivity index (χ1v) is 10.1. The topological polar surface area (TPSA) is 71.5 Å². The van der Waals surface area contributed by atoms with E-state index >= 15 is 0 Å². The second-order valence-corrected chi connectivity index (χ2v) is 7.93. The van der Waals surface area contributed by atoms with E-state index in [-0.39, 0.29) is 17.1 Å². The van der Waals surface area contributed by atoms with Crippen LogP contribution in [0.4, 0.5) is 5.82 Å². The molecule has 1 amide bonds. The van der Waals surface area contributed by atoms with Crippen molar-refractivity contribution < 1.29 is 14.6 Å². The van der Waals surface area contributed by atoms with Gasteiger partial charge in [0, 0.05) is 0 Å². The largest absolute Gasteiger partial charge is 0.506 e. The van der Waals surface area contributed by atoms with Crippen molar-refractivity contribution >= 4 is 23.3 Å². The molecule has 0 spiro atoms. The highest BCUT2D eigenvalue weighted by molar-refractivity contribution is 6.32. The molecular weight excluding hydrogens is 376 g/mol. The summed E-state index contributed by atoms with van der Waals surface area (Å²) in [6.07, 6.45) is 3.95. The Balaban J connectivity index is 2.16. The third-order valence-electron chi connectivity index (χ3n) is 4.98. The smallest absolute Gasteiger partial charge is 0.266 e. The van der Waals surface area contributed by atoms with E-state index in [4.69, 9.17) is 16.3 Å². The molecule has 0 bridgehead atoms. The first kappa shape index (κ1) is 22.0. The molecule has 6 heteroatoms. The van der Waals surface area contributed by atoms with Gasteiger partial charge in [0.25, 0.3) is 5.91 Å². The quantitative estimate of drug-likeness (QED) is 0.561. The molecule has 5 nitrogen and oxygen atoms in total. The minimum absolute atomic E-state index is 0.0195. The SMILES string of the molecule is CCCCC(Oc1ccc(C(C)(C)CC)cc1Cl)C(=O)Nc1ccc(O)cn1. The first-order chi connectivity index (χ1) is 13.3. The fourth-order valence-electron chi connectivity index (χ4n) is 2.67. The number of rotatable bonds is 9. The number of unbranched alkanes of at least 4 members (excludes halogenated alkanes) is 1. The number of halogens is 1. The van der Waals surface area contributed by atoms with Gasteiger partial charge >= 0.3 is 0 Å². The number of nitrogens with one attached hydrogen (secondary N) is 1. The third-order valence-corrected chi connectivity index (χ3v) is 5.27. The van der Waals surface area contributed by atoms with E-state index in [1.165, 1.54) is 12.3 Å². The lowest BCUT2D eigenvalue weighted by Gasteiger charge is -2.25. The molecule has 1 heterocycles. The van der Waals surface area contributed by atoms with Gasteiger partial charge in [-0.15, -0.1) is 0 Å². The van der Waals surface area contributed by atoms with Gasteiger partial charge in [0.2, 0.25) is 0 Å². The van der Waals surface area contributed by atoms with E-state index in [0.717, 1.165) is 24.8 Å². The van der Waals surface area contributed by atoms with Gasteiger partial charge in [0.15, 0.2) is 6.10 Å². The Morgan fingerprint density at radius 1 is 1.29 bits per heavy atom. The van der Waals surface area contributed by atoms with Crippen LogP contribution >= 0.6 is 11.6 Å². The highest BCUT2D eigenvalue weighted by Gasteiger charge is 2.23. The molecule has 0 aliphatic heterocycles. The Morgan fingerprint density at radius 3 is 2.61 bits per heavy atom. The zero-order valence-corrected chi connectivity index (χ0v) is 17.7. The van der Waals surface area contributed by atoms with Crippen molar-refractivity contribution in [2.75, 3.05) is 5.32 Å². The molecule has 2 N–H and O–H groups in total. The number of pyridine rings is 1. The zero-order chi connectivity index (χ0) is 20.7. The van der Waals surface area contributed by atoms with Gasteiger partial charge < -0.3 is 15.2 Å². The summed E-state index contributed by atoms with van der Waals surface area (Å²) in [5.74, 6) is 0.602. The van der Waals surface area contributed by atoms with Crippen LogP contribution in [-0.2, 0) is 10.2 Å². The second-order valence-electron chi connectivity index (χ2n) is 7.52. The molecule has 0 aliphatic rings. The van der Waals surface area contributed by atoms with Crippen LogP contribution in [0.15, 0.2) is 36.5 Å². The Kier molecular flexibility index (Phi) is 7.69. The van der Waals surface area contributed by atoms with E-state index in [0.29, 0.717) is 23.0 Å². The van der Waals surface area contributed by atoms with Gasteiger partial charge in [-0.25, -0.2) is 4.98 Å². The standard InChI is InChI=1S/C22H29ClN2O3/c1-5-7-8-19(21(27)25-20-12-10-16(26)14-24-20)28-18-11-9-15(13-17(18)23)22(3,4)6-2/h9-14,19,26H,5-8H2,1-4H3,(H,24,25,27). The average molecular weight is 405 g/mol. The number of aromatic nitrogens is 1. The van der Waals surface area contributed by atoms with Crippen LogP contribution in [0.1, 0.15) is 58.9 Å². The third kappa shape index (κ3) is 5.86. The molecule has 0 fully saturated rings. The van der Waals surface area contributed by atoms with Crippen LogP contribution in [0, 0.1) is 0 Å². The predicted molar refractivity (Wildman–Crippen MR) is 113 cm³/mol. The lowest BCUT2D eigenvalue weighted by molar-refractivity contribution is -0.123. The summed E-state index contributed by atoms with van der Waals surface area (Å²) in [4.78, 5) is 16.7. The molecule has 1 unspecified atom stereocenters. The van der Waals surface area contributed by atoms with Crippen molar-refractivity contribution in [3.05, 3.63) is 47.1 Å². The van der Waals surface area contributed by atoms with Gasteiger partial charge in [0.05, 0.1) is 11.2 Å². The minimum Gasteiger partial charge on any atom is -0.506 e. The van der Waals surface area contributed by atoms with E-state index < -0.39 is 6.10 Å². The summed E-state index contributed by atoms with van der Waals surface area (Å²) in [5.41, 5.74) is 1.15. The van der Waals surface area contributed by atoms with Crippen molar-refractivity contribution in [2.24, 2.45) is 0 Å². The highest BCUT2D eigenvalue weighted by atomic mass is 35.5. The number of hydrogen-bond donors (Lipinski definition) is 2. The molecule has 0 aliphatic carbocycles. The number of carbonyl (C=O) groups is 1. The van der Waals surface area contributed by atoms with Crippen molar-refractivity contribution in [1.82, 2.24) is 4.98 Å².